The lowest BCUT2D eigenvalue weighted by Gasteiger charge is -2.18. The van der Waals surface area contributed by atoms with E-state index in [4.69, 9.17) is 5.73 Å². The molecule has 1 aliphatic carbocycles. The van der Waals surface area contributed by atoms with Gasteiger partial charge in [0.25, 0.3) is 0 Å². The topological polar surface area (TPSA) is 53.6 Å². The van der Waals surface area contributed by atoms with Gasteiger partial charge in [0.1, 0.15) is 0 Å². The molecule has 0 spiro atoms. The van der Waals surface area contributed by atoms with Crippen LogP contribution in [0.25, 0.3) is 0 Å². The monoisotopic (exact) mass is 436 g/mol. The third kappa shape index (κ3) is 4.87. The first-order chi connectivity index (χ1) is 11.2. The highest BCUT2D eigenvalue weighted by Gasteiger charge is 2.10. The summed E-state index contributed by atoms with van der Waals surface area (Å²) >= 11 is 0. The molecule has 0 aromatic heterocycles. The predicted molar refractivity (Wildman–Crippen MR) is 114 cm³/mol. The molecule has 128 valence electrons. The van der Waals surface area contributed by atoms with Gasteiger partial charge in [-0.2, -0.15) is 0 Å². The second-order valence-electron chi connectivity index (χ2n) is 5.99. The Kier molecular flexibility index (Phi) is 6.90. The zero-order valence-electron chi connectivity index (χ0n) is 14.0. The van der Waals surface area contributed by atoms with Crippen LogP contribution in [0.2, 0.25) is 0 Å². The smallest absolute Gasteiger partial charge is 0.193 e. The Morgan fingerprint density at radius 2 is 1.88 bits per heavy atom. The first-order valence-corrected chi connectivity index (χ1v) is 8.17. The fourth-order valence-corrected chi connectivity index (χ4v) is 2.97. The Hall–Kier alpha value is -1.76. The molecule has 24 heavy (non-hydrogen) atoms. The number of benzene rings is 2. The minimum absolute atomic E-state index is 0. The molecule has 0 bridgehead atoms. The van der Waals surface area contributed by atoms with Crippen molar-refractivity contribution < 1.29 is 0 Å². The van der Waals surface area contributed by atoms with Gasteiger partial charge in [-0.1, -0.05) is 24.3 Å². The molecule has 0 fully saturated rings. The van der Waals surface area contributed by atoms with E-state index in [0.717, 1.165) is 12.2 Å². The minimum atomic E-state index is 0. The van der Waals surface area contributed by atoms with Crippen molar-refractivity contribution in [1.82, 2.24) is 0 Å². The van der Waals surface area contributed by atoms with Gasteiger partial charge >= 0.3 is 0 Å². The van der Waals surface area contributed by atoms with E-state index in [9.17, 15) is 0 Å². The van der Waals surface area contributed by atoms with E-state index < -0.39 is 0 Å². The van der Waals surface area contributed by atoms with Crippen molar-refractivity contribution in [3.8, 4) is 0 Å². The number of hydrogen-bond donors (Lipinski definition) is 2. The Morgan fingerprint density at radius 3 is 2.67 bits per heavy atom. The average molecular weight is 436 g/mol. The Labute approximate surface area is 161 Å². The number of rotatable bonds is 5. The first-order valence-electron chi connectivity index (χ1n) is 8.17. The van der Waals surface area contributed by atoms with Gasteiger partial charge in [-0.05, 0) is 54.7 Å². The molecule has 3 N–H and O–H groups in total. The van der Waals surface area contributed by atoms with E-state index in [0.29, 0.717) is 12.5 Å². The molecule has 0 atom stereocenters. The average Bonchev–Trinajstić information content (AvgIpc) is 3.03. The molecular formula is C19H25IN4. The Morgan fingerprint density at radius 1 is 1.12 bits per heavy atom. The van der Waals surface area contributed by atoms with Crippen LogP contribution in [0.5, 0.6) is 0 Å². The van der Waals surface area contributed by atoms with E-state index in [2.05, 4.69) is 52.6 Å². The van der Waals surface area contributed by atoms with Crippen LogP contribution < -0.4 is 16.0 Å². The standard InChI is InChI=1S/C19H24N4.HI/c1-23(18-8-3-2-4-9-18)13-12-21-19(20)22-17-11-10-15-6-5-7-16(15)14-17;/h2-4,8-11,14H,5-7,12-13H2,1H3,(H3,20,21,22);1H. The van der Waals surface area contributed by atoms with Crippen molar-refractivity contribution in [2.45, 2.75) is 19.3 Å². The van der Waals surface area contributed by atoms with Gasteiger partial charge < -0.3 is 16.0 Å². The molecule has 0 unspecified atom stereocenters. The number of para-hydroxylation sites is 1. The number of fused-ring (bicyclic) bond motifs is 1. The molecule has 0 aliphatic heterocycles. The number of halogens is 1. The molecule has 0 amide bonds. The van der Waals surface area contributed by atoms with Crippen LogP contribution in [0, 0.1) is 0 Å². The highest BCUT2D eigenvalue weighted by molar-refractivity contribution is 14.0. The molecule has 0 heterocycles. The van der Waals surface area contributed by atoms with Crippen LogP contribution in [0.1, 0.15) is 17.5 Å². The van der Waals surface area contributed by atoms with E-state index >= 15 is 0 Å². The van der Waals surface area contributed by atoms with Gasteiger partial charge in [-0.15, -0.1) is 24.0 Å². The fourth-order valence-electron chi connectivity index (χ4n) is 2.97. The van der Waals surface area contributed by atoms with Crippen LogP contribution >= 0.6 is 24.0 Å². The van der Waals surface area contributed by atoms with Crippen molar-refractivity contribution in [1.29, 1.82) is 0 Å². The van der Waals surface area contributed by atoms with Crippen molar-refractivity contribution >= 4 is 41.3 Å². The number of anilines is 2. The summed E-state index contributed by atoms with van der Waals surface area (Å²) in [7, 11) is 2.06. The molecule has 5 heteroatoms. The zero-order valence-corrected chi connectivity index (χ0v) is 16.4. The summed E-state index contributed by atoms with van der Waals surface area (Å²) in [5, 5.41) is 3.19. The van der Waals surface area contributed by atoms with Gasteiger partial charge in [0.2, 0.25) is 0 Å². The third-order valence-corrected chi connectivity index (χ3v) is 4.29. The predicted octanol–water partition coefficient (Wildman–Crippen LogP) is 3.66. The van der Waals surface area contributed by atoms with Gasteiger partial charge in [0, 0.05) is 25.0 Å². The molecule has 2 aromatic rings. The SMILES string of the molecule is CN(CCN=C(N)Nc1ccc2c(c1)CCC2)c1ccccc1.I. The zero-order chi connectivity index (χ0) is 16.1. The van der Waals surface area contributed by atoms with Crippen molar-refractivity contribution in [3.63, 3.8) is 0 Å². The summed E-state index contributed by atoms with van der Waals surface area (Å²) in [5.74, 6) is 0.476. The molecule has 0 radical (unpaired) electrons. The van der Waals surface area contributed by atoms with Gasteiger partial charge in [-0.3, -0.25) is 4.99 Å². The van der Waals surface area contributed by atoms with Crippen LogP contribution in [-0.4, -0.2) is 26.1 Å². The van der Waals surface area contributed by atoms with Crippen LogP contribution in [0.4, 0.5) is 11.4 Å². The third-order valence-electron chi connectivity index (χ3n) is 4.29. The molecule has 0 saturated carbocycles. The number of guanidine groups is 1. The Bertz CT molecular complexity index is 685. The lowest BCUT2D eigenvalue weighted by atomic mass is 10.1. The summed E-state index contributed by atoms with van der Waals surface area (Å²) in [5.41, 5.74) is 11.1. The van der Waals surface area contributed by atoms with E-state index in [1.54, 1.807) is 0 Å². The second-order valence-corrected chi connectivity index (χ2v) is 5.99. The van der Waals surface area contributed by atoms with Gasteiger partial charge in [-0.25, -0.2) is 0 Å². The number of aryl methyl sites for hydroxylation is 2. The summed E-state index contributed by atoms with van der Waals surface area (Å²) in [6.45, 7) is 1.49. The number of nitrogens with zero attached hydrogens (tertiary/aromatic N) is 2. The maximum Gasteiger partial charge on any atom is 0.193 e. The Balaban J connectivity index is 0.00000208. The molecule has 2 aromatic carbocycles. The lowest BCUT2D eigenvalue weighted by Crippen LogP contribution is -2.26. The number of hydrogen-bond acceptors (Lipinski definition) is 2. The number of nitrogens with one attached hydrogen (secondary N) is 1. The quantitative estimate of drug-likeness (QED) is 0.428. The summed E-state index contributed by atoms with van der Waals surface area (Å²) in [4.78, 5) is 6.59. The van der Waals surface area contributed by atoms with Crippen molar-refractivity contribution in [2.24, 2.45) is 10.7 Å². The number of aliphatic imine (C=N–C) groups is 1. The van der Waals surface area contributed by atoms with Gasteiger partial charge in [0.05, 0.1) is 6.54 Å². The largest absolute Gasteiger partial charge is 0.373 e. The summed E-state index contributed by atoms with van der Waals surface area (Å²) < 4.78 is 0. The van der Waals surface area contributed by atoms with Crippen molar-refractivity contribution in [2.75, 3.05) is 30.4 Å². The van der Waals surface area contributed by atoms with E-state index in [1.807, 2.05) is 18.2 Å². The van der Waals surface area contributed by atoms with E-state index in [1.165, 1.54) is 36.1 Å². The molecular weight excluding hydrogens is 411 g/mol. The highest BCUT2D eigenvalue weighted by atomic mass is 127. The molecule has 4 nitrogen and oxygen atoms in total. The summed E-state index contributed by atoms with van der Waals surface area (Å²) in [6, 6.07) is 16.8. The maximum absolute atomic E-state index is 6.00. The first kappa shape index (κ1) is 18.6. The molecule has 0 saturated heterocycles. The van der Waals surface area contributed by atoms with Gasteiger partial charge in [0.15, 0.2) is 5.96 Å². The fraction of sp³-hybridized carbons (Fsp3) is 0.316. The number of likely N-dealkylation sites (N-methyl/N-ethyl adjacent to an activating group) is 1. The summed E-state index contributed by atoms with van der Waals surface area (Å²) in [6.07, 6.45) is 3.63. The number of nitrogens with two attached hydrogens (primary N) is 1. The van der Waals surface area contributed by atoms with Crippen LogP contribution in [-0.2, 0) is 12.8 Å². The molecule has 1 aliphatic rings. The van der Waals surface area contributed by atoms with Crippen LogP contribution in [0.15, 0.2) is 53.5 Å². The minimum Gasteiger partial charge on any atom is -0.373 e. The maximum atomic E-state index is 6.00. The van der Waals surface area contributed by atoms with Crippen molar-refractivity contribution in [3.05, 3.63) is 59.7 Å². The highest BCUT2D eigenvalue weighted by Crippen LogP contribution is 2.24. The lowest BCUT2D eigenvalue weighted by molar-refractivity contribution is 0.884. The molecule has 3 rings (SSSR count). The van der Waals surface area contributed by atoms with Crippen LogP contribution in [0.3, 0.4) is 0 Å². The second kappa shape index (κ2) is 8.92. The van der Waals surface area contributed by atoms with E-state index in [-0.39, 0.29) is 24.0 Å². The normalized spacial score (nSPS) is 13.1.